The molecule has 15 heavy (non-hydrogen) atoms. The molecule has 2 heterocycles. The van der Waals surface area contributed by atoms with Crippen LogP contribution in [0.2, 0.25) is 0 Å². The van der Waals surface area contributed by atoms with Crippen LogP contribution >= 0.6 is 0 Å². The molecule has 1 atom stereocenters. The summed E-state index contributed by atoms with van der Waals surface area (Å²) in [5.74, 6) is 0.502. The molecule has 4 N–H and O–H groups in total. The molecule has 0 bridgehead atoms. The third-order valence-corrected chi connectivity index (χ3v) is 2.48. The Bertz CT molecular complexity index is 462. The van der Waals surface area contributed by atoms with Crippen LogP contribution in [0.5, 0.6) is 0 Å². The van der Waals surface area contributed by atoms with Gasteiger partial charge in [-0.1, -0.05) is 13.3 Å². The van der Waals surface area contributed by atoms with Crippen molar-refractivity contribution in [2.75, 3.05) is 5.73 Å². The number of anilines is 1. The molecule has 0 aromatic carbocycles. The Balaban J connectivity index is 2.49. The van der Waals surface area contributed by atoms with Crippen LogP contribution in [-0.2, 0) is 0 Å². The molecule has 2 aromatic rings. The number of rotatable bonds is 3. The number of hydrogen-bond donors (Lipinski definition) is 2. The van der Waals surface area contributed by atoms with E-state index in [4.69, 9.17) is 11.5 Å². The molecule has 0 aliphatic heterocycles. The molecule has 0 spiro atoms. The second kappa shape index (κ2) is 3.86. The maximum atomic E-state index is 6.03. The quantitative estimate of drug-likeness (QED) is 0.790. The standard InChI is InChI=1S/C10H15N5/c1-2-3-8(11)15-5-4-7-9(12)13-6-14-10(7)15/h4-6,8H,2-3,11H2,1H3,(H2,12,13,14). The summed E-state index contributed by atoms with van der Waals surface area (Å²) in [4.78, 5) is 8.14. The van der Waals surface area contributed by atoms with E-state index >= 15 is 0 Å². The Morgan fingerprint density at radius 2 is 2.27 bits per heavy atom. The molecular weight excluding hydrogens is 190 g/mol. The van der Waals surface area contributed by atoms with Gasteiger partial charge in [0.15, 0.2) is 0 Å². The lowest BCUT2D eigenvalue weighted by atomic mass is 10.3. The van der Waals surface area contributed by atoms with Crippen LogP contribution in [0.4, 0.5) is 5.82 Å². The van der Waals surface area contributed by atoms with Gasteiger partial charge in [0.05, 0.1) is 11.6 Å². The zero-order chi connectivity index (χ0) is 10.8. The minimum absolute atomic E-state index is 0.0400. The van der Waals surface area contributed by atoms with Crippen molar-refractivity contribution >= 4 is 16.9 Å². The molecule has 2 rings (SSSR count). The molecule has 0 saturated heterocycles. The van der Waals surface area contributed by atoms with Gasteiger partial charge in [-0.3, -0.25) is 0 Å². The van der Waals surface area contributed by atoms with E-state index in [1.54, 1.807) is 0 Å². The monoisotopic (exact) mass is 205 g/mol. The minimum Gasteiger partial charge on any atom is -0.383 e. The zero-order valence-electron chi connectivity index (χ0n) is 8.72. The van der Waals surface area contributed by atoms with Gasteiger partial charge in [0.25, 0.3) is 0 Å². The van der Waals surface area contributed by atoms with Gasteiger partial charge in [-0.2, -0.15) is 0 Å². The fraction of sp³-hybridized carbons (Fsp3) is 0.400. The summed E-state index contributed by atoms with van der Waals surface area (Å²) in [5, 5.41) is 0.865. The van der Waals surface area contributed by atoms with E-state index in [0.717, 1.165) is 23.9 Å². The minimum atomic E-state index is -0.0400. The number of hydrogen-bond acceptors (Lipinski definition) is 4. The topological polar surface area (TPSA) is 82.8 Å². The van der Waals surface area contributed by atoms with Gasteiger partial charge >= 0.3 is 0 Å². The Morgan fingerprint density at radius 1 is 1.47 bits per heavy atom. The third-order valence-electron chi connectivity index (χ3n) is 2.48. The van der Waals surface area contributed by atoms with Gasteiger partial charge in [-0.25, -0.2) is 9.97 Å². The normalized spacial score (nSPS) is 13.2. The van der Waals surface area contributed by atoms with E-state index < -0.39 is 0 Å². The van der Waals surface area contributed by atoms with E-state index in [2.05, 4.69) is 16.9 Å². The molecule has 0 fully saturated rings. The highest BCUT2D eigenvalue weighted by Gasteiger charge is 2.10. The third kappa shape index (κ3) is 1.66. The Morgan fingerprint density at radius 3 is 3.00 bits per heavy atom. The Kier molecular flexibility index (Phi) is 2.55. The predicted molar refractivity (Wildman–Crippen MR) is 60.1 cm³/mol. The van der Waals surface area contributed by atoms with Crippen LogP contribution in [0.25, 0.3) is 11.0 Å². The smallest absolute Gasteiger partial charge is 0.146 e. The first-order valence-corrected chi connectivity index (χ1v) is 5.06. The molecule has 5 nitrogen and oxygen atoms in total. The SMILES string of the molecule is CCCC(N)n1ccc2c(N)ncnc21. The maximum absolute atomic E-state index is 6.03. The average Bonchev–Trinajstić information content (AvgIpc) is 2.63. The zero-order valence-corrected chi connectivity index (χ0v) is 8.72. The Labute approximate surface area is 88.1 Å². The van der Waals surface area contributed by atoms with Crippen LogP contribution in [0.15, 0.2) is 18.6 Å². The lowest BCUT2D eigenvalue weighted by molar-refractivity contribution is 0.489. The summed E-state index contributed by atoms with van der Waals surface area (Å²) >= 11 is 0. The predicted octanol–water partition coefficient (Wildman–Crippen LogP) is 1.27. The van der Waals surface area contributed by atoms with Crippen molar-refractivity contribution in [3.8, 4) is 0 Å². The molecule has 0 saturated carbocycles. The van der Waals surface area contributed by atoms with Crippen LogP contribution in [0, 0.1) is 0 Å². The van der Waals surface area contributed by atoms with Crippen LogP contribution in [-0.4, -0.2) is 14.5 Å². The highest BCUT2D eigenvalue weighted by atomic mass is 15.1. The molecule has 0 amide bonds. The summed E-state index contributed by atoms with van der Waals surface area (Å²) in [6.07, 6.45) is 5.31. The Hall–Kier alpha value is -1.62. The first-order valence-electron chi connectivity index (χ1n) is 5.06. The molecule has 5 heteroatoms. The first kappa shape index (κ1) is 9.92. The van der Waals surface area contributed by atoms with Gasteiger partial charge in [-0.05, 0) is 12.5 Å². The van der Waals surface area contributed by atoms with E-state index in [0.29, 0.717) is 5.82 Å². The van der Waals surface area contributed by atoms with Crippen LogP contribution in [0.1, 0.15) is 25.9 Å². The fourth-order valence-electron chi connectivity index (χ4n) is 1.69. The van der Waals surface area contributed by atoms with Gasteiger partial charge in [0.1, 0.15) is 17.8 Å². The van der Waals surface area contributed by atoms with Crippen molar-refractivity contribution in [2.24, 2.45) is 5.73 Å². The van der Waals surface area contributed by atoms with Gasteiger partial charge in [0, 0.05) is 6.20 Å². The van der Waals surface area contributed by atoms with Gasteiger partial charge < -0.3 is 16.0 Å². The molecule has 0 aliphatic rings. The van der Waals surface area contributed by atoms with Crippen LogP contribution < -0.4 is 11.5 Å². The van der Waals surface area contributed by atoms with Gasteiger partial charge in [0.2, 0.25) is 0 Å². The van der Waals surface area contributed by atoms with Gasteiger partial charge in [-0.15, -0.1) is 0 Å². The number of aromatic nitrogens is 3. The largest absolute Gasteiger partial charge is 0.383 e. The molecule has 80 valence electrons. The average molecular weight is 205 g/mol. The fourth-order valence-corrected chi connectivity index (χ4v) is 1.69. The summed E-state index contributed by atoms with van der Waals surface area (Å²) in [5.41, 5.74) is 12.6. The van der Waals surface area contributed by atoms with E-state index in [9.17, 15) is 0 Å². The number of nitrogens with zero attached hydrogens (tertiary/aromatic N) is 3. The molecule has 0 aliphatic carbocycles. The highest BCUT2D eigenvalue weighted by molar-refractivity contribution is 5.86. The number of nitrogens with two attached hydrogens (primary N) is 2. The lowest BCUT2D eigenvalue weighted by Gasteiger charge is -2.13. The second-order valence-electron chi connectivity index (χ2n) is 3.58. The summed E-state index contributed by atoms with van der Waals surface area (Å²) < 4.78 is 1.94. The van der Waals surface area contributed by atoms with Crippen molar-refractivity contribution in [1.82, 2.24) is 14.5 Å². The van der Waals surface area contributed by atoms with E-state index in [1.807, 2.05) is 16.8 Å². The molecule has 2 aromatic heterocycles. The van der Waals surface area contributed by atoms with Crippen molar-refractivity contribution < 1.29 is 0 Å². The highest BCUT2D eigenvalue weighted by Crippen LogP contribution is 2.21. The number of fused-ring (bicyclic) bond motifs is 1. The number of nitrogen functional groups attached to an aromatic ring is 1. The summed E-state index contributed by atoms with van der Waals surface area (Å²) in [6, 6.07) is 1.90. The van der Waals surface area contributed by atoms with Crippen LogP contribution in [0.3, 0.4) is 0 Å². The molecule has 1 unspecified atom stereocenters. The molecular formula is C10H15N5. The summed E-state index contributed by atoms with van der Waals surface area (Å²) in [6.45, 7) is 2.11. The maximum Gasteiger partial charge on any atom is 0.146 e. The first-order chi connectivity index (χ1) is 7.24. The second-order valence-corrected chi connectivity index (χ2v) is 3.58. The van der Waals surface area contributed by atoms with Crippen molar-refractivity contribution in [1.29, 1.82) is 0 Å². The van der Waals surface area contributed by atoms with E-state index in [-0.39, 0.29) is 6.17 Å². The van der Waals surface area contributed by atoms with Crippen molar-refractivity contribution in [3.05, 3.63) is 18.6 Å². The summed E-state index contributed by atoms with van der Waals surface area (Å²) in [7, 11) is 0. The van der Waals surface area contributed by atoms with Crippen molar-refractivity contribution in [2.45, 2.75) is 25.9 Å². The van der Waals surface area contributed by atoms with Crippen molar-refractivity contribution in [3.63, 3.8) is 0 Å². The lowest BCUT2D eigenvalue weighted by Crippen LogP contribution is -2.17. The molecule has 0 radical (unpaired) electrons. The van der Waals surface area contributed by atoms with E-state index in [1.165, 1.54) is 6.33 Å².